The molecule has 0 fully saturated rings. The predicted molar refractivity (Wildman–Crippen MR) is 90.5 cm³/mol. The molecule has 0 aromatic rings. The lowest BCUT2D eigenvalue weighted by Gasteiger charge is -2.18. The van der Waals surface area contributed by atoms with Gasteiger partial charge in [-0.1, -0.05) is 13.8 Å². The second-order valence-corrected chi connectivity index (χ2v) is 4.93. The van der Waals surface area contributed by atoms with Gasteiger partial charge in [0.15, 0.2) is 0 Å². The van der Waals surface area contributed by atoms with E-state index in [0.717, 1.165) is 13.0 Å². The van der Waals surface area contributed by atoms with Crippen molar-refractivity contribution in [3.05, 3.63) is 0 Å². The highest BCUT2D eigenvalue weighted by atomic mass is 16.4. The molecule has 0 bridgehead atoms. The summed E-state index contributed by atoms with van der Waals surface area (Å²) in [5.74, 6) is -3.80. The van der Waals surface area contributed by atoms with Crippen molar-refractivity contribution in [2.75, 3.05) is 13.6 Å². The van der Waals surface area contributed by atoms with Crippen LogP contribution < -0.4 is 16.0 Å². The maximum atomic E-state index is 11.7. The molecule has 0 aliphatic rings. The molecule has 6 N–H and O–H groups in total. The molecule has 2 amide bonds. The molecule has 0 rings (SSSR count). The number of carbonyl (C=O) groups is 4. The number of unbranched alkanes of at least 4 members (excludes halogenated alkanes) is 1. The van der Waals surface area contributed by atoms with E-state index in [-0.39, 0.29) is 12.8 Å². The second kappa shape index (κ2) is 15.2. The standard InChI is InChI=1S/C13H23N3O7.C2H6/c1-14-7-3-2-4-8(11(19)20)15-13(23)16-9(12(21)22)5-6-10(17)18;1-2/h8-9,14H,2-7H2,1H3,(H,17,18)(H,19,20)(H,21,22)(H2,15,16,23);1-2H3/t8-,9?;/m0./s1. The molecule has 0 aliphatic heterocycles. The number of urea groups is 1. The molecule has 0 radical (unpaired) electrons. The number of amides is 2. The first kappa shape index (κ1) is 24.9. The van der Waals surface area contributed by atoms with E-state index in [9.17, 15) is 19.2 Å². The number of hydrogen-bond acceptors (Lipinski definition) is 5. The van der Waals surface area contributed by atoms with Crippen molar-refractivity contribution in [3.63, 3.8) is 0 Å². The van der Waals surface area contributed by atoms with Crippen molar-refractivity contribution in [1.29, 1.82) is 0 Å². The lowest BCUT2D eigenvalue weighted by atomic mass is 10.1. The fraction of sp³-hybridized carbons (Fsp3) is 0.733. The number of carboxylic acid groups (broad SMARTS) is 3. The molecule has 10 heteroatoms. The van der Waals surface area contributed by atoms with E-state index in [1.807, 2.05) is 13.8 Å². The first-order valence-corrected chi connectivity index (χ1v) is 8.17. The largest absolute Gasteiger partial charge is 0.481 e. The van der Waals surface area contributed by atoms with Gasteiger partial charge in [0, 0.05) is 6.42 Å². The van der Waals surface area contributed by atoms with Crippen LogP contribution in [0.25, 0.3) is 0 Å². The summed E-state index contributed by atoms with van der Waals surface area (Å²) in [7, 11) is 1.77. The molecule has 0 spiro atoms. The number of carboxylic acids is 3. The average molecular weight is 363 g/mol. The Morgan fingerprint density at radius 1 is 0.840 bits per heavy atom. The van der Waals surface area contributed by atoms with Gasteiger partial charge in [-0.15, -0.1) is 0 Å². The summed E-state index contributed by atoms with van der Waals surface area (Å²) in [5, 5.41) is 33.7. The zero-order valence-electron chi connectivity index (χ0n) is 14.9. The van der Waals surface area contributed by atoms with Crippen LogP contribution in [0.2, 0.25) is 0 Å². The Morgan fingerprint density at radius 3 is 1.72 bits per heavy atom. The van der Waals surface area contributed by atoms with E-state index < -0.39 is 42.4 Å². The zero-order chi connectivity index (χ0) is 19.8. The first-order valence-electron chi connectivity index (χ1n) is 8.17. The van der Waals surface area contributed by atoms with Crippen LogP contribution in [0.3, 0.4) is 0 Å². The Balaban J connectivity index is 0. The summed E-state index contributed by atoms with van der Waals surface area (Å²) < 4.78 is 0. The van der Waals surface area contributed by atoms with Gasteiger partial charge < -0.3 is 31.3 Å². The number of rotatable bonds is 12. The van der Waals surface area contributed by atoms with Gasteiger partial charge >= 0.3 is 23.9 Å². The minimum Gasteiger partial charge on any atom is -0.481 e. The topological polar surface area (TPSA) is 165 Å². The fourth-order valence-electron chi connectivity index (χ4n) is 1.79. The van der Waals surface area contributed by atoms with Crippen molar-refractivity contribution in [1.82, 2.24) is 16.0 Å². The number of nitrogens with one attached hydrogen (secondary N) is 3. The highest BCUT2D eigenvalue weighted by molar-refractivity contribution is 5.86. The Bertz CT molecular complexity index is 429. The summed E-state index contributed by atoms with van der Waals surface area (Å²) in [6, 6.07) is -3.49. The van der Waals surface area contributed by atoms with E-state index in [0.29, 0.717) is 6.42 Å². The minimum atomic E-state index is -1.40. The zero-order valence-corrected chi connectivity index (χ0v) is 14.9. The first-order chi connectivity index (χ1) is 11.8. The van der Waals surface area contributed by atoms with Crippen molar-refractivity contribution in [2.45, 2.75) is 58.0 Å². The van der Waals surface area contributed by atoms with Gasteiger partial charge in [0.2, 0.25) is 0 Å². The van der Waals surface area contributed by atoms with Gasteiger partial charge in [0.1, 0.15) is 12.1 Å². The Kier molecular flexibility index (Phi) is 15.1. The molecular weight excluding hydrogens is 334 g/mol. The molecule has 2 atom stereocenters. The maximum absolute atomic E-state index is 11.7. The maximum Gasteiger partial charge on any atom is 0.326 e. The van der Waals surface area contributed by atoms with E-state index in [2.05, 4.69) is 16.0 Å². The highest BCUT2D eigenvalue weighted by Gasteiger charge is 2.24. The molecule has 0 heterocycles. The van der Waals surface area contributed by atoms with E-state index in [4.69, 9.17) is 15.3 Å². The molecule has 25 heavy (non-hydrogen) atoms. The molecule has 1 unspecified atom stereocenters. The molecule has 0 aliphatic carbocycles. The number of carbonyl (C=O) groups excluding carboxylic acids is 1. The molecular formula is C15H29N3O7. The second-order valence-electron chi connectivity index (χ2n) is 4.93. The summed E-state index contributed by atoms with van der Waals surface area (Å²) in [4.78, 5) is 44.2. The van der Waals surface area contributed by atoms with Crippen LogP contribution in [0.4, 0.5) is 4.79 Å². The molecule has 0 aromatic carbocycles. The molecule has 146 valence electrons. The average Bonchev–Trinajstić information content (AvgIpc) is 2.55. The highest BCUT2D eigenvalue weighted by Crippen LogP contribution is 2.02. The molecule has 0 saturated carbocycles. The summed E-state index contributed by atoms with van der Waals surface area (Å²) in [6.07, 6.45) is 0.790. The van der Waals surface area contributed by atoms with Crippen LogP contribution >= 0.6 is 0 Å². The molecule has 0 saturated heterocycles. The third-order valence-corrected chi connectivity index (χ3v) is 3.02. The van der Waals surface area contributed by atoms with E-state index in [1.54, 1.807) is 7.05 Å². The minimum absolute atomic E-state index is 0.206. The lowest BCUT2D eigenvalue weighted by Crippen LogP contribution is -2.51. The summed E-state index contributed by atoms with van der Waals surface area (Å²) in [5.41, 5.74) is 0. The van der Waals surface area contributed by atoms with Crippen molar-refractivity contribution < 1.29 is 34.5 Å². The van der Waals surface area contributed by atoms with E-state index in [1.165, 1.54) is 0 Å². The van der Waals surface area contributed by atoms with Gasteiger partial charge in [-0.25, -0.2) is 14.4 Å². The van der Waals surface area contributed by atoms with Gasteiger partial charge in [0.05, 0.1) is 0 Å². The predicted octanol–water partition coefficient (Wildman–Crippen LogP) is 0.473. The molecule has 10 nitrogen and oxygen atoms in total. The van der Waals surface area contributed by atoms with Gasteiger partial charge in [-0.3, -0.25) is 4.79 Å². The van der Waals surface area contributed by atoms with Crippen LogP contribution in [0, 0.1) is 0 Å². The lowest BCUT2D eigenvalue weighted by molar-refractivity contribution is -0.140. The van der Waals surface area contributed by atoms with Crippen molar-refractivity contribution in [3.8, 4) is 0 Å². The van der Waals surface area contributed by atoms with Gasteiger partial charge in [0.25, 0.3) is 0 Å². The Labute approximate surface area is 147 Å². The Hall–Kier alpha value is -2.36. The third-order valence-electron chi connectivity index (χ3n) is 3.02. The SMILES string of the molecule is CC.CNCCCC[C@H](NC(=O)NC(CCC(=O)O)C(=O)O)C(=O)O. The summed E-state index contributed by atoms with van der Waals surface area (Å²) in [6.45, 7) is 4.72. The molecule has 0 aromatic heterocycles. The quantitative estimate of drug-likeness (QED) is 0.272. The normalized spacial score (nSPS) is 12.1. The van der Waals surface area contributed by atoms with Crippen LogP contribution in [0.1, 0.15) is 46.0 Å². The third kappa shape index (κ3) is 13.7. The smallest absolute Gasteiger partial charge is 0.326 e. The van der Waals surface area contributed by atoms with Crippen molar-refractivity contribution >= 4 is 23.9 Å². The number of hydrogen-bond donors (Lipinski definition) is 6. The van der Waals surface area contributed by atoms with Gasteiger partial charge in [-0.05, 0) is 39.3 Å². The van der Waals surface area contributed by atoms with Crippen LogP contribution in [0.15, 0.2) is 0 Å². The van der Waals surface area contributed by atoms with Crippen molar-refractivity contribution in [2.24, 2.45) is 0 Å². The van der Waals surface area contributed by atoms with Crippen LogP contribution in [-0.2, 0) is 14.4 Å². The van der Waals surface area contributed by atoms with E-state index >= 15 is 0 Å². The van der Waals surface area contributed by atoms with Crippen LogP contribution in [-0.4, -0.2) is 64.9 Å². The fourth-order valence-corrected chi connectivity index (χ4v) is 1.79. The summed E-state index contributed by atoms with van der Waals surface area (Å²) >= 11 is 0. The van der Waals surface area contributed by atoms with Gasteiger partial charge in [-0.2, -0.15) is 0 Å². The van der Waals surface area contributed by atoms with Crippen LogP contribution in [0.5, 0.6) is 0 Å². The Morgan fingerprint density at radius 2 is 1.32 bits per heavy atom. The monoisotopic (exact) mass is 363 g/mol. The number of aliphatic carboxylic acids is 3.